The Labute approximate surface area is 124 Å². The number of hydrogen-bond donors (Lipinski definition) is 2. The van der Waals surface area contributed by atoms with Crippen LogP contribution in [0.3, 0.4) is 0 Å². The van der Waals surface area contributed by atoms with Crippen molar-refractivity contribution in [1.82, 2.24) is 0 Å². The lowest BCUT2D eigenvalue weighted by Gasteiger charge is -2.12. The van der Waals surface area contributed by atoms with Crippen LogP contribution in [0.1, 0.15) is 5.56 Å². The normalized spacial score (nSPS) is 10.4. The van der Waals surface area contributed by atoms with Crippen molar-refractivity contribution < 1.29 is 0 Å². The molecule has 0 saturated heterocycles. The van der Waals surface area contributed by atoms with E-state index in [9.17, 15) is 0 Å². The van der Waals surface area contributed by atoms with Gasteiger partial charge < -0.3 is 11.1 Å². The van der Waals surface area contributed by atoms with Crippen LogP contribution in [0.25, 0.3) is 0 Å². The fourth-order valence-electron chi connectivity index (χ4n) is 1.54. The van der Waals surface area contributed by atoms with E-state index >= 15 is 0 Å². The van der Waals surface area contributed by atoms with E-state index in [1.54, 1.807) is 12.1 Å². The van der Waals surface area contributed by atoms with Gasteiger partial charge in [-0.2, -0.15) is 0 Å². The zero-order valence-electron chi connectivity index (χ0n) is 9.60. The van der Waals surface area contributed by atoms with Gasteiger partial charge in [0, 0.05) is 4.47 Å². The topological polar surface area (TPSA) is 38.0 Å². The highest BCUT2D eigenvalue weighted by Crippen LogP contribution is 2.34. The minimum atomic E-state index is 0.447. The average molecular weight is 346 g/mol. The Morgan fingerprint density at radius 1 is 1.06 bits per heavy atom. The Morgan fingerprint density at radius 2 is 1.72 bits per heavy atom. The van der Waals surface area contributed by atoms with Crippen molar-refractivity contribution in [2.45, 2.75) is 6.92 Å². The maximum absolute atomic E-state index is 5.98. The van der Waals surface area contributed by atoms with Gasteiger partial charge in [-0.25, -0.2) is 0 Å². The number of benzene rings is 2. The SMILES string of the molecule is Cc1ccc(Nc2cc(Cl)c(Cl)cc2N)c(Br)c1. The first-order valence-corrected chi connectivity index (χ1v) is 6.80. The quantitative estimate of drug-likeness (QED) is 0.716. The molecule has 0 bridgehead atoms. The van der Waals surface area contributed by atoms with E-state index < -0.39 is 0 Å². The smallest absolute Gasteiger partial charge is 0.0634 e. The summed E-state index contributed by atoms with van der Waals surface area (Å²) in [7, 11) is 0. The standard InChI is InChI=1S/C13H11BrCl2N2/c1-7-2-3-12(8(14)4-7)18-13-6-10(16)9(15)5-11(13)17/h2-6,18H,17H2,1H3. The maximum atomic E-state index is 5.98. The molecule has 0 saturated carbocycles. The number of nitrogen functional groups attached to an aromatic ring is 1. The molecular formula is C13H11BrCl2N2. The van der Waals surface area contributed by atoms with Crippen LogP contribution in [-0.4, -0.2) is 0 Å². The fraction of sp³-hybridized carbons (Fsp3) is 0.0769. The molecule has 3 N–H and O–H groups in total. The molecule has 0 aliphatic rings. The first-order chi connectivity index (χ1) is 8.47. The zero-order chi connectivity index (χ0) is 13.3. The van der Waals surface area contributed by atoms with Crippen molar-refractivity contribution in [1.29, 1.82) is 0 Å². The second-order valence-corrected chi connectivity index (χ2v) is 5.63. The molecule has 18 heavy (non-hydrogen) atoms. The molecule has 0 aromatic heterocycles. The van der Waals surface area contributed by atoms with Crippen molar-refractivity contribution in [2.24, 2.45) is 0 Å². The number of nitrogens with one attached hydrogen (secondary N) is 1. The van der Waals surface area contributed by atoms with Crippen LogP contribution in [-0.2, 0) is 0 Å². The lowest BCUT2D eigenvalue weighted by atomic mass is 10.2. The van der Waals surface area contributed by atoms with E-state index in [2.05, 4.69) is 21.2 Å². The zero-order valence-corrected chi connectivity index (χ0v) is 12.7. The van der Waals surface area contributed by atoms with Gasteiger partial charge in [0.2, 0.25) is 0 Å². The van der Waals surface area contributed by atoms with Crippen LogP contribution in [0.5, 0.6) is 0 Å². The van der Waals surface area contributed by atoms with Gasteiger partial charge in [0.25, 0.3) is 0 Å². The molecule has 5 heteroatoms. The van der Waals surface area contributed by atoms with Crippen molar-refractivity contribution in [2.75, 3.05) is 11.1 Å². The van der Waals surface area contributed by atoms with E-state index in [0.29, 0.717) is 15.7 Å². The number of aryl methyl sites for hydroxylation is 1. The number of anilines is 3. The summed E-state index contributed by atoms with van der Waals surface area (Å²) in [4.78, 5) is 0. The van der Waals surface area contributed by atoms with Crippen LogP contribution >= 0.6 is 39.1 Å². The molecule has 94 valence electrons. The van der Waals surface area contributed by atoms with Crippen molar-refractivity contribution in [3.05, 3.63) is 50.4 Å². The first-order valence-electron chi connectivity index (χ1n) is 5.25. The monoisotopic (exact) mass is 344 g/mol. The molecule has 0 unspecified atom stereocenters. The molecule has 2 rings (SSSR count). The summed E-state index contributed by atoms with van der Waals surface area (Å²) in [6.07, 6.45) is 0. The summed E-state index contributed by atoms with van der Waals surface area (Å²) >= 11 is 15.4. The maximum Gasteiger partial charge on any atom is 0.0634 e. The van der Waals surface area contributed by atoms with E-state index in [0.717, 1.165) is 15.8 Å². The van der Waals surface area contributed by atoms with E-state index in [1.165, 1.54) is 5.56 Å². The van der Waals surface area contributed by atoms with E-state index in [-0.39, 0.29) is 0 Å². The molecule has 0 spiro atoms. The molecule has 2 nitrogen and oxygen atoms in total. The van der Waals surface area contributed by atoms with Crippen molar-refractivity contribution in [3.8, 4) is 0 Å². The summed E-state index contributed by atoms with van der Waals surface area (Å²) in [6, 6.07) is 9.36. The van der Waals surface area contributed by atoms with Gasteiger partial charge in [0.15, 0.2) is 0 Å². The molecule has 0 heterocycles. The Morgan fingerprint density at radius 3 is 2.39 bits per heavy atom. The molecule has 2 aromatic carbocycles. The average Bonchev–Trinajstić information content (AvgIpc) is 2.29. The predicted octanol–water partition coefficient (Wildman–Crippen LogP) is 5.39. The highest BCUT2D eigenvalue weighted by atomic mass is 79.9. The fourth-order valence-corrected chi connectivity index (χ4v) is 2.47. The predicted molar refractivity (Wildman–Crippen MR) is 83.0 cm³/mol. The van der Waals surface area contributed by atoms with Crippen LogP contribution < -0.4 is 11.1 Å². The van der Waals surface area contributed by atoms with Crippen LogP contribution in [0.15, 0.2) is 34.8 Å². The van der Waals surface area contributed by atoms with Gasteiger partial charge in [-0.1, -0.05) is 29.3 Å². The van der Waals surface area contributed by atoms with Gasteiger partial charge >= 0.3 is 0 Å². The van der Waals surface area contributed by atoms with Crippen LogP contribution in [0.4, 0.5) is 17.1 Å². The summed E-state index contributed by atoms with van der Waals surface area (Å²) < 4.78 is 0.966. The number of hydrogen-bond acceptors (Lipinski definition) is 2. The summed E-state index contributed by atoms with van der Waals surface area (Å²) in [6.45, 7) is 2.03. The third kappa shape index (κ3) is 2.91. The molecule has 0 radical (unpaired) electrons. The Hall–Kier alpha value is -0.900. The number of nitrogens with two attached hydrogens (primary N) is 1. The van der Waals surface area contributed by atoms with Crippen LogP contribution in [0, 0.1) is 6.92 Å². The lowest BCUT2D eigenvalue weighted by molar-refractivity contribution is 1.43. The highest BCUT2D eigenvalue weighted by molar-refractivity contribution is 9.10. The highest BCUT2D eigenvalue weighted by Gasteiger charge is 2.07. The van der Waals surface area contributed by atoms with E-state index in [4.69, 9.17) is 28.9 Å². The summed E-state index contributed by atoms with van der Waals surface area (Å²) in [5.74, 6) is 0. The summed E-state index contributed by atoms with van der Waals surface area (Å²) in [5.41, 5.74) is 9.28. The second-order valence-electron chi connectivity index (χ2n) is 3.96. The van der Waals surface area contributed by atoms with Crippen LogP contribution in [0.2, 0.25) is 10.0 Å². The number of rotatable bonds is 2. The van der Waals surface area contributed by atoms with Gasteiger partial charge in [-0.05, 0) is 52.7 Å². The number of halogens is 3. The van der Waals surface area contributed by atoms with E-state index in [1.807, 2.05) is 25.1 Å². The molecule has 0 atom stereocenters. The lowest BCUT2D eigenvalue weighted by Crippen LogP contribution is -1.97. The van der Waals surface area contributed by atoms with Gasteiger partial charge in [-0.15, -0.1) is 0 Å². The van der Waals surface area contributed by atoms with Gasteiger partial charge in [0.1, 0.15) is 0 Å². The minimum Gasteiger partial charge on any atom is -0.397 e. The third-order valence-electron chi connectivity index (χ3n) is 2.49. The van der Waals surface area contributed by atoms with Gasteiger partial charge in [-0.3, -0.25) is 0 Å². The molecule has 0 aliphatic carbocycles. The molecule has 2 aromatic rings. The third-order valence-corrected chi connectivity index (χ3v) is 3.86. The molecule has 0 aliphatic heterocycles. The minimum absolute atomic E-state index is 0.447. The van der Waals surface area contributed by atoms with Crippen molar-refractivity contribution >= 4 is 56.2 Å². The Balaban J connectivity index is 2.37. The second kappa shape index (κ2) is 5.39. The van der Waals surface area contributed by atoms with Crippen molar-refractivity contribution in [3.63, 3.8) is 0 Å². The Bertz CT molecular complexity index is 600. The molecule has 0 fully saturated rings. The Kier molecular flexibility index (Phi) is 4.05. The first kappa shape index (κ1) is 13.5. The summed E-state index contributed by atoms with van der Waals surface area (Å²) in [5, 5.41) is 4.14. The van der Waals surface area contributed by atoms with Gasteiger partial charge in [0.05, 0.1) is 27.1 Å². The molecule has 0 amide bonds. The molecular weight excluding hydrogens is 335 g/mol. The largest absolute Gasteiger partial charge is 0.397 e.